The van der Waals surface area contributed by atoms with Crippen molar-refractivity contribution in [2.45, 2.75) is 25.7 Å². The highest BCUT2D eigenvalue weighted by Gasteiger charge is 2.15. The number of carbonyl (C=O) groups is 1. The molecule has 1 aliphatic rings. The normalized spacial score (nSPS) is 14.3. The summed E-state index contributed by atoms with van der Waals surface area (Å²) in [6, 6.07) is 9.81. The van der Waals surface area contributed by atoms with Gasteiger partial charge in [0.1, 0.15) is 17.4 Å². The summed E-state index contributed by atoms with van der Waals surface area (Å²) in [5.74, 6) is -0.577. The molecule has 2 aromatic rings. The minimum atomic E-state index is -0.719. The number of carbonyl (C=O) groups excluding carboxylic acids is 1. The lowest BCUT2D eigenvalue weighted by Gasteiger charge is -2.22. The van der Waals surface area contributed by atoms with Gasteiger partial charge in [0.05, 0.1) is 5.69 Å². The number of benzene rings is 2. The highest BCUT2D eigenvalue weighted by molar-refractivity contribution is 5.92. The predicted molar refractivity (Wildman–Crippen MR) is 104 cm³/mol. The van der Waals surface area contributed by atoms with Crippen LogP contribution in [0.5, 0.6) is 11.5 Å². The van der Waals surface area contributed by atoms with Gasteiger partial charge in [0, 0.05) is 24.6 Å². The average molecular weight is 397 g/mol. The van der Waals surface area contributed by atoms with Crippen molar-refractivity contribution in [2.75, 3.05) is 18.4 Å². The van der Waals surface area contributed by atoms with E-state index in [2.05, 4.69) is 10.6 Å². The second-order valence-electron chi connectivity index (χ2n) is 6.48. The van der Waals surface area contributed by atoms with E-state index >= 15 is 0 Å². The molecule has 7 heteroatoms. The Hall–Kier alpha value is -2.18. The first kappa shape index (κ1) is 21.1. The van der Waals surface area contributed by atoms with E-state index in [-0.39, 0.29) is 24.1 Å². The van der Waals surface area contributed by atoms with E-state index in [0.29, 0.717) is 23.8 Å². The van der Waals surface area contributed by atoms with Crippen LogP contribution in [0.1, 0.15) is 25.7 Å². The van der Waals surface area contributed by atoms with E-state index in [1.54, 1.807) is 24.3 Å². The van der Waals surface area contributed by atoms with Gasteiger partial charge in [-0.15, -0.1) is 12.4 Å². The molecule has 146 valence electrons. The van der Waals surface area contributed by atoms with Gasteiger partial charge in [0.15, 0.2) is 5.75 Å². The van der Waals surface area contributed by atoms with Gasteiger partial charge < -0.3 is 15.4 Å². The van der Waals surface area contributed by atoms with E-state index in [4.69, 9.17) is 4.74 Å². The number of nitrogens with one attached hydrogen (secondary N) is 2. The number of anilines is 1. The van der Waals surface area contributed by atoms with Crippen LogP contribution in [0, 0.1) is 17.6 Å². The average Bonchev–Trinajstić information content (AvgIpc) is 2.62. The Kier molecular flexibility index (Phi) is 8.00. The van der Waals surface area contributed by atoms with Crippen LogP contribution in [0.3, 0.4) is 0 Å². The fourth-order valence-electron chi connectivity index (χ4n) is 3.09. The number of amides is 1. The Morgan fingerprint density at radius 2 is 1.78 bits per heavy atom. The SMILES string of the molecule is Cl.O=C(CCC1CCNCC1)Nc1ccccc1Oc1cc(F)cc(F)c1. The van der Waals surface area contributed by atoms with Gasteiger partial charge >= 0.3 is 0 Å². The van der Waals surface area contributed by atoms with Crippen molar-refractivity contribution in [2.24, 2.45) is 5.92 Å². The third kappa shape index (κ3) is 6.48. The van der Waals surface area contributed by atoms with Crippen LogP contribution in [0.25, 0.3) is 0 Å². The molecule has 0 atom stereocenters. The van der Waals surface area contributed by atoms with Crippen LogP contribution in [0.4, 0.5) is 14.5 Å². The van der Waals surface area contributed by atoms with Crippen LogP contribution in [-0.4, -0.2) is 19.0 Å². The summed E-state index contributed by atoms with van der Waals surface area (Å²) in [6.07, 6.45) is 3.48. The molecule has 2 N–H and O–H groups in total. The standard InChI is InChI=1S/C20H22F2N2O2.ClH/c21-15-11-16(22)13-17(12-15)26-19-4-2-1-3-18(19)24-20(25)6-5-14-7-9-23-10-8-14;/h1-4,11-14,23H,5-10H2,(H,24,25);1H. The van der Waals surface area contributed by atoms with Crippen molar-refractivity contribution in [1.29, 1.82) is 0 Å². The zero-order valence-electron chi connectivity index (χ0n) is 14.8. The summed E-state index contributed by atoms with van der Waals surface area (Å²) in [6.45, 7) is 2.01. The molecule has 0 aliphatic carbocycles. The van der Waals surface area contributed by atoms with Gasteiger partial charge in [-0.05, 0) is 50.4 Å². The van der Waals surface area contributed by atoms with Crippen LogP contribution in [-0.2, 0) is 4.79 Å². The van der Waals surface area contributed by atoms with Gasteiger partial charge in [-0.3, -0.25) is 4.79 Å². The lowest BCUT2D eigenvalue weighted by Crippen LogP contribution is -2.28. The topological polar surface area (TPSA) is 50.4 Å². The smallest absolute Gasteiger partial charge is 0.224 e. The Labute approximate surface area is 163 Å². The first-order valence-electron chi connectivity index (χ1n) is 8.84. The van der Waals surface area contributed by atoms with E-state index in [1.807, 2.05) is 0 Å². The molecule has 0 unspecified atom stereocenters. The van der Waals surface area contributed by atoms with Crippen molar-refractivity contribution in [3.05, 3.63) is 54.1 Å². The quantitative estimate of drug-likeness (QED) is 0.730. The highest BCUT2D eigenvalue weighted by Crippen LogP contribution is 2.30. The second kappa shape index (κ2) is 10.2. The van der Waals surface area contributed by atoms with Crippen LogP contribution in [0.15, 0.2) is 42.5 Å². The van der Waals surface area contributed by atoms with E-state index in [0.717, 1.165) is 50.6 Å². The number of hydrogen-bond donors (Lipinski definition) is 2. The summed E-state index contributed by atoms with van der Waals surface area (Å²) in [4.78, 5) is 12.3. The summed E-state index contributed by atoms with van der Waals surface area (Å²) in [5, 5.41) is 6.14. The number of para-hydroxylation sites is 2. The minimum absolute atomic E-state index is 0. The Balaban J connectivity index is 0.00000261. The molecule has 0 spiro atoms. The zero-order valence-corrected chi connectivity index (χ0v) is 15.7. The predicted octanol–water partition coefficient (Wildman–Crippen LogP) is 4.90. The van der Waals surface area contributed by atoms with Crippen molar-refractivity contribution < 1.29 is 18.3 Å². The molecule has 0 aromatic heterocycles. The molecule has 4 nitrogen and oxygen atoms in total. The molecule has 27 heavy (non-hydrogen) atoms. The third-order valence-corrected chi connectivity index (χ3v) is 4.46. The highest BCUT2D eigenvalue weighted by atomic mass is 35.5. The molecular formula is C20H23ClF2N2O2. The monoisotopic (exact) mass is 396 g/mol. The Morgan fingerprint density at radius 3 is 2.48 bits per heavy atom. The molecule has 2 aromatic carbocycles. The largest absolute Gasteiger partial charge is 0.455 e. The van der Waals surface area contributed by atoms with Crippen molar-refractivity contribution in [3.8, 4) is 11.5 Å². The molecule has 1 aliphatic heterocycles. The maximum absolute atomic E-state index is 13.3. The molecule has 0 radical (unpaired) electrons. The summed E-state index contributed by atoms with van der Waals surface area (Å²) in [7, 11) is 0. The van der Waals surface area contributed by atoms with Crippen LogP contribution in [0.2, 0.25) is 0 Å². The molecule has 1 heterocycles. The molecule has 0 bridgehead atoms. The first-order chi connectivity index (χ1) is 12.6. The maximum Gasteiger partial charge on any atom is 0.224 e. The van der Waals surface area contributed by atoms with Crippen molar-refractivity contribution in [3.63, 3.8) is 0 Å². The number of piperidine rings is 1. The number of rotatable bonds is 6. The molecule has 1 fully saturated rings. The van der Waals surface area contributed by atoms with Gasteiger partial charge in [0.2, 0.25) is 5.91 Å². The Morgan fingerprint density at radius 1 is 1.11 bits per heavy atom. The van der Waals surface area contributed by atoms with Gasteiger partial charge in [-0.2, -0.15) is 0 Å². The summed E-state index contributed by atoms with van der Waals surface area (Å²) >= 11 is 0. The first-order valence-corrected chi connectivity index (χ1v) is 8.84. The Bertz CT molecular complexity index is 747. The number of ether oxygens (including phenoxy) is 1. The van der Waals surface area contributed by atoms with Crippen LogP contribution >= 0.6 is 12.4 Å². The fourth-order valence-corrected chi connectivity index (χ4v) is 3.09. The molecule has 1 saturated heterocycles. The summed E-state index contributed by atoms with van der Waals surface area (Å²) in [5.41, 5.74) is 0.479. The maximum atomic E-state index is 13.3. The second-order valence-corrected chi connectivity index (χ2v) is 6.48. The van der Waals surface area contributed by atoms with E-state index in [9.17, 15) is 13.6 Å². The lowest BCUT2D eigenvalue weighted by molar-refractivity contribution is -0.116. The minimum Gasteiger partial charge on any atom is -0.455 e. The summed E-state index contributed by atoms with van der Waals surface area (Å²) < 4.78 is 32.2. The van der Waals surface area contributed by atoms with E-state index < -0.39 is 11.6 Å². The van der Waals surface area contributed by atoms with Crippen LogP contribution < -0.4 is 15.4 Å². The van der Waals surface area contributed by atoms with Gasteiger partial charge in [-0.25, -0.2) is 8.78 Å². The van der Waals surface area contributed by atoms with Crippen molar-refractivity contribution >= 4 is 24.0 Å². The zero-order chi connectivity index (χ0) is 18.4. The lowest BCUT2D eigenvalue weighted by atomic mass is 9.93. The fraction of sp³-hybridized carbons (Fsp3) is 0.350. The van der Waals surface area contributed by atoms with Gasteiger partial charge in [-0.1, -0.05) is 12.1 Å². The van der Waals surface area contributed by atoms with Crippen molar-refractivity contribution in [1.82, 2.24) is 5.32 Å². The third-order valence-electron chi connectivity index (χ3n) is 4.46. The molecule has 1 amide bonds. The molecule has 0 saturated carbocycles. The van der Waals surface area contributed by atoms with Gasteiger partial charge in [0.25, 0.3) is 0 Å². The van der Waals surface area contributed by atoms with E-state index in [1.165, 1.54) is 0 Å². The number of hydrogen-bond acceptors (Lipinski definition) is 3. The molecular weight excluding hydrogens is 374 g/mol. The molecule has 3 rings (SSSR count). The number of halogens is 3.